The third kappa shape index (κ3) is 3.71. The van der Waals surface area contributed by atoms with E-state index in [4.69, 9.17) is 5.73 Å². The fourth-order valence-electron chi connectivity index (χ4n) is 1.89. The number of thioether (sulfide) groups is 1. The Bertz CT molecular complexity index is 657. The molecule has 6 heteroatoms. The monoisotopic (exact) mass is 353 g/mol. The largest absolute Gasteiger partial charge is 0.327 e. The number of benzene rings is 1. The van der Waals surface area contributed by atoms with Gasteiger partial charge in [-0.15, -0.1) is 0 Å². The number of H-pyrrole nitrogens is 1. The highest BCUT2D eigenvalue weighted by Crippen LogP contribution is 2.38. The molecule has 0 aliphatic carbocycles. The fraction of sp³-hybridized carbons (Fsp3) is 0.286. The summed E-state index contributed by atoms with van der Waals surface area (Å²) in [4.78, 5) is 18.6. The van der Waals surface area contributed by atoms with Crippen molar-refractivity contribution >= 4 is 27.7 Å². The second kappa shape index (κ2) is 6.56. The summed E-state index contributed by atoms with van der Waals surface area (Å²) in [5.74, 6) is 0. The molecule has 3 N–H and O–H groups in total. The molecule has 4 nitrogen and oxygen atoms in total. The highest BCUT2D eigenvalue weighted by atomic mass is 79.9. The molecule has 0 spiro atoms. The van der Waals surface area contributed by atoms with Gasteiger partial charge in [-0.25, -0.2) is 4.98 Å². The summed E-state index contributed by atoms with van der Waals surface area (Å²) in [6.45, 7) is 3.75. The van der Waals surface area contributed by atoms with E-state index >= 15 is 0 Å². The number of halogens is 1. The molecule has 0 aliphatic rings. The quantitative estimate of drug-likeness (QED) is 0.654. The van der Waals surface area contributed by atoms with Gasteiger partial charge in [0.1, 0.15) is 0 Å². The summed E-state index contributed by atoms with van der Waals surface area (Å²) >= 11 is 5.02. The second-order valence-corrected chi connectivity index (χ2v) is 6.60. The molecular formula is C14H16BrN3OS. The first-order valence-electron chi connectivity index (χ1n) is 6.22. The smallest absolute Gasteiger partial charge is 0.251 e. The zero-order chi connectivity index (χ0) is 14.7. The van der Waals surface area contributed by atoms with Gasteiger partial charge < -0.3 is 10.7 Å². The van der Waals surface area contributed by atoms with Crippen LogP contribution in [-0.2, 0) is 0 Å². The number of nitrogens with zero attached hydrogens (tertiary/aromatic N) is 1. The third-order valence-corrected chi connectivity index (χ3v) is 4.85. The van der Waals surface area contributed by atoms with Crippen molar-refractivity contribution in [2.45, 2.75) is 30.3 Å². The van der Waals surface area contributed by atoms with Crippen LogP contribution in [0.25, 0.3) is 0 Å². The van der Waals surface area contributed by atoms with E-state index in [1.807, 2.05) is 31.2 Å². The molecule has 1 aromatic heterocycles. The average Bonchev–Trinajstić information content (AvgIpc) is 2.35. The van der Waals surface area contributed by atoms with Crippen LogP contribution in [0, 0.1) is 6.92 Å². The van der Waals surface area contributed by atoms with Crippen LogP contribution in [0.2, 0.25) is 0 Å². The fourth-order valence-corrected chi connectivity index (χ4v) is 3.71. The van der Waals surface area contributed by atoms with Crippen molar-refractivity contribution in [1.82, 2.24) is 9.97 Å². The van der Waals surface area contributed by atoms with E-state index in [9.17, 15) is 4.79 Å². The predicted octanol–water partition coefficient (Wildman–Crippen LogP) is 3.02. The van der Waals surface area contributed by atoms with Crippen molar-refractivity contribution < 1.29 is 0 Å². The number of aryl methyl sites for hydroxylation is 1. The highest BCUT2D eigenvalue weighted by molar-refractivity contribution is 9.10. The number of nitrogens with two attached hydrogens (primary N) is 1. The first kappa shape index (κ1) is 15.3. The Hall–Kier alpha value is -1.11. The maximum atomic E-state index is 11.5. The molecule has 1 aromatic carbocycles. The molecule has 0 bridgehead atoms. The molecule has 0 amide bonds. The molecule has 2 aromatic rings. The lowest BCUT2D eigenvalue weighted by molar-refractivity contribution is 0.714. The SMILES string of the molecule is Cc1cc(=O)[nH]c(SC(c2ccccc2Br)C(C)N)n1. The Morgan fingerprint density at radius 3 is 2.70 bits per heavy atom. The first-order chi connectivity index (χ1) is 9.47. The summed E-state index contributed by atoms with van der Waals surface area (Å²) in [5, 5.41) is 0.601. The number of aromatic nitrogens is 2. The van der Waals surface area contributed by atoms with Gasteiger partial charge in [-0.3, -0.25) is 4.79 Å². The molecule has 0 radical (unpaired) electrons. The van der Waals surface area contributed by atoms with E-state index in [0.29, 0.717) is 10.9 Å². The van der Waals surface area contributed by atoms with Crippen LogP contribution in [0.4, 0.5) is 0 Å². The molecule has 2 rings (SSSR count). The van der Waals surface area contributed by atoms with Gasteiger partial charge in [-0.2, -0.15) is 0 Å². The first-order valence-corrected chi connectivity index (χ1v) is 7.89. The van der Waals surface area contributed by atoms with Crippen molar-refractivity contribution in [2.24, 2.45) is 5.73 Å². The minimum Gasteiger partial charge on any atom is -0.327 e. The summed E-state index contributed by atoms with van der Waals surface area (Å²) in [7, 11) is 0. The van der Waals surface area contributed by atoms with Crippen LogP contribution < -0.4 is 11.3 Å². The van der Waals surface area contributed by atoms with Crippen molar-refractivity contribution in [3.8, 4) is 0 Å². The summed E-state index contributed by atoms with van der Waals surface area (Å²) < 4.78 is 1.00. The van der Waals surface area contributed by atoms with Gasteiger partial charge in [0.25, 0.3) is 5.56 Å². The molecule has 0 aliphatic heterocycles. The Kier molecular flexibility index (Phi) is 5.01. The van der Waals surface area contributed by atoms with Crippen LogP contribution in [0.15, 0.2) is 44.8 Å². The van der Waals surface area contributed by atoms with Crippen molar-refractivity contribution in [3.63, 3.8) is 0 Å². The van der Waals surface area contributed by atoms with Gasteiger partial charge in [0.15, 0.2) is 5.16 Å². The topological polar surface area (TPSA) is 71.8 Å². The normalized spacial score (nSPS) is 14.0. The van der Waals surface area contributed by atoms with Gasteiger partial charge in [-0.1, -0.05) is 45.9 Å². The second-order valence-electron chi connectivity index (χ2n) is 4.61. The van der Waals surface area contributed by atoms with Crippen molar-refractivity contribution in [3.05, 3.63) is 56.4 Å². The molecular weight excluding hydrogens is 338 g/mol. The van der Waals surface area contributed by atoms with Gasteiger partial charge in [0, 0.05) is 22.3 Å². The van der Waals surface area contributed by atoms with Crippen molar-refractivity contribution in [2.75, 3.05) is 0 Å². The molecule has 1 heterocycles. The number of rotatable bonds is 4. The maximum absolute atomic E-state index is 11.5. The molecule has 0 fully saturated rings. The maximum Gasteiger partial charge on any atom is 0.251 e. The molecule has 20 heavy (non-hydrogen) atoms. The standard InChI is InChI=1S/C14H16BrN3OS/c1-8-7-12(19)18-14(17-8)20-13(9(2)16)10-5-3-4-6-11(10)15/h3-7,9,13H,16H2,1-2H3,(H,17,18,19). The van der Waals surface area contributed by atoms with E-state index in [0.717, 1.165) is 10.0 Å². The third-order valence-electron chi connectivity index (χ3n) is 2.78. The van der Waals surface area contributed by atoms with E-state index < -0.39 is 0 Å². The minimum absolute atomic E-state index is 0.00975. The zero-order valence-corrected chi connectivity index (χ0v) is 13.7. The Balaban J connectivity index is 2.35. The number of hydrogen-bond donors (Lipinski definition) is 2. The highest BCUT2D eigenvalue weighted by Gasteiger charge is 2.21. The molecule has 2 atom stereocenters. The van der Waals surface area contributed by atoms with E-state index in [2.05, 4.69) is 25.9 Å². The molecule has 106 valence electrons. The molecule has 0 saturated carbocycles. The van der Waals surface area contributed by atoms with E-state index in [1.165, 1.54) is 17.8 Å². The number of hydrogen-bond acceptors (Lipinski definition) is 4. The average molecular weight is 354 g/mol. The van der Waals surface area contributed by atoms with E-state index in [1.54, 1.807) is 6.92 Å². The summed E-state index contributed by atoms with van der Waals surface area (Å²) in [5.41, 5.74) is 7.75. The lowest BCUT2D eigenvalue weighted by Crippen LogP contribution is -2.23. The minimum atomic E-state index is -0.143. The van der Waals surface area contributed by atoms with Gasteiger partial charge in [0.05, 0.1) is 5.25 Å². The van der Waals surface area contributed by atoms with Crippen LogP contribution in [-0.4, -0.2) is 16.0 Å². The lowest BCUT2D eigenvalue weighted by atomic mass is 10.1. The van der Waals surface area contributed by atoms with Crippen LogP contribution in [0.3, 0.4) is 0 Å². The number of aromatic amines is 1. The number of nitrogens with one attached hydrogen (secondary N) is 1. The van der Waals surface area contributed by atoms with Gasteiger partial charge >= 0.3 is 0 Å². The Morgan fingerprint density at radius 2 is 2.10 bits per heavy atom. The van der Waals surface area contributed by atoms with Gasteiger partial charge in [-0.05, 0) is 25.5 Å². The van der Waals surface area contributed by atoms with Crippen LogP contribution >= 0.6 is 27.7 Å². The van der Waals surface area contributed by atoms with E-state index in [-0.39, 0.29) is 16.9 Å². The Morgan fingerprint density at radius 1 is 1.40 bits per heavy atom. The molecule has 2 unspecified atom stereocenters. The van der Waals surface area contributed by atoms with Gasteiger partial charge in [0.2, 0.25) is 0 Å². The zero-order valence-electron chi connectivity index (χ0n) is 11.3. The summed E-state index contributed by atoms with van der Waals surface area (Å²) in [6, 6.07) is 9.34. The van der Waals surface area contributed by atoms with Crippen LogP contribution in [0.1, 0.15) is 23.4 Å². The summed E-state index contributed by atoms with van der Waals surface area (Å²) in [6.07, 6.45) is 0. The predicted molar refractivity (Wildman–Crippen MR) is 86.0 cm³/mol. The van der Waals surface area contributed by atoms with Crippen molar-refractivity contribution in [1.29, 1.82) is 0 Å². The van der Waals surface area contributed by atoms with Crippen LogP contribution in [0.5, 0.6) is 0 Å². The lowest BCUT2D eigenvalue weighted by Gasteiger charge is -2.21. The Labute approximate surface area is 130 Å². The molecule has 0 saturated heterocycles.